The minimum Gasteiger partial charge on any atom is -0.492 e. The Bertz CT molecular complexity index is 688. The number of hydrogen-bond acceptors (Lipinski definition) is 3. The molecule has 114 valence electrons. The van der Waals surface area contributed by atoms with Crippen LogP contribution in [0.5, 0.6) is 5.75 Å². The predicted octanol–water partition coefficient (Wildman–Crippen LogP) is 4.25. The minimum atomic E-state index is -0.203. The number of rotatable bonds is 3. The van der Waals surface area contributed by atoms with Gasteiger partial charge in [0.1, 0.15) is 12.4 Å². The summed E-state index contributed by atoms with van der Waals surface area (Å²) in [6.45, 7) is 0.392. The molecular formula is C17H16ClNO2S. The lowest BCUT2D eigenvalue weighted by atomic mass is 9.96. The molecule has 2 aromatic carbocycles. The average Bonchev–Trinajstić information content (AvgIpc) is 2.54. The first-order valence-corrected chi connectivity index (χ1v) is 8.62. The number of carbonyl (C=O) groups is 1. The third-order valence-corrected chi connectivity index (χ3v) is 4.64. The van der Waals surface area contributed by atoms with E-state index in [0.29, 0.717) is 18.1 Å². The molecule has 5 heteroatoms. The maximum absolute atomic E-state index is 12.4. The van der Waals surface area contributed by atoms with Crippen molar-refractivity contribution in [2.24, 2.45) is 5.92 Å². The highest BCUT2D eigenvalue weighted by atomic mass is 35.5. The number of ether oxygens (including phenoxy) is 1. The van der Waals surface area contributed by atoms with Crippen LogP contribution >= 0.6 is 23.4 Å². The van der Waals surface area contributed by atoms with E-state index in [4.69, 9.17) is 16.3 Å². The molecule has 0 radical (unpaired) electrons. The number of thioether (sulfide) groups is 1. The second kappa shape index (κ2) is 6.63. The van der Waals surface area contributed by atoms with Crippen LogP contribution in [-0.4, -0.2) is 18.8 Å². The predicted molar refractivity (Wildman–Crippen MR) is 91.0 cm³/mol. The summed E-state index contributed by atoms with van der Waals surface area (Å²) in [5.74, 6) is 0.589. The van der Waals surface area contributed by atoms with Gasteiger partial charge in [0.05, 0.1) is 5.92 Å². The summed E-state index contributed by atoms with van der Waals surface area (Å²) in [6.07, 6.45) is 2.67. The molecule has 3 nitrogen and oxygen atoms in total. The summed E-state index contributed by atoms with van der Waals surface area (Å²) in [4.78, 5) is 13.6. The summed E-state index contributed by atoms with van der Waals surface area (Å²) in [5.41, 5.74) is 1.79. The molecule has 0 aromatic heterocycles. The second-order valence-corrected chi connectivity index (χ2v) is 6.50. The van der Waals surface area contributed by atoms with Gasteiger partial charge in [-0.1, -0.05) is 11.6 Å². The van der Waals surface area contributed by atoms with Gasteiger partial charge in [0.25, 0.3) is 0 Å². The van der Waals surface area contributed by atoms with Crippen LogP contribution in [0.4, 0.5) is 5.69 Å². The Hall–Kier alpha value is -1.65. The van der Waals surface area contributed by atoms with E-state index in [1.165, 1.54) is 4.90 Å². The highest BCUT2D eigenvalue weighted by Crippen LogP contribution is 2.30. The Morgan fingerprint density at radius 3 is 2.77 bits per heavy atom. The number of fused-ring (bicyclic) bond motifs is 1. The van der Waals surface area contributed by atoms with E-state index in [2.05, 4.69) is 5.32 Å². The number of anilines is 1. The van der Waals surface area contributed by atoms with E-state index in [9.17, 15) is 4.79 Å². The van der Waals surface area contributed by atoms with Crippen molar-refractivity contribution in [2.45, 2.75) is 11.3 Å². The van der Waals surface area contributed by atoms with Crippen molar-refractivity contribution < 1.29 is 9.53 Å². The van der Waals surface area contributed by atoms with E-state index in [1.807, 2.05) is 42.7 Å². The fourth-order valence-electron chi connectivity index (χ4n) is 2.45. The fraction of sp³-hybridized carbons (Fsp3) is 0.235. The van der Waals surface area contributed by atoms with E-state index in [-0.39, 0.29) is 11.8 Å². The summed E-state index contributed by atoms with van der Waals surface area (Å²) in [7, 11) is 0. The van der Waals surface area contributed by atoms with Gasteiger partial charge in [-0.3, -0.25) is 4.79 Å². The summed E-state index contributed by atoms with van der Waals surface area (Å²) in [6, 6.07) is 13.3. The molecular weight excluding hydrogens is 318 g/mol. The van der Waals surface area contributed by atoms with Gasteiger partial charge in [0.2, 0.25) is 5.91 Å². The molecule has 1 aliphatic heterocycles. The molecule has 3 rings (SSSR count). The normalized spacial score (nSPS) is 16.5. The van der Waals surface area contributed by atoms with Crippen LogP contribution in [0, 0.1) is 5.92 Å². The lowest BCUT2D eigenvalue weighted by molar-refractivity contribution is -0.121. The maximum atomic E-state index is 12.4. The van der Waals surface area contributed by atoms with E-state index in [0.717, 1.165) is 17.0 Å². The Labute approximate surface area is 139 Å². The fourth-order valence-corrected chi connectivity index (χ4v) is 3.05. The monoisotopic (exact) mass is 333 g/mol. The number of halogens is 1. The highest BCUT2D eigenvalue weighted by Gasteiger charge is 2.26. The van der Waals surface area contributed by atoms with Crippen molar-refractivity contribution in [3.63, 3.8) is 0 Å². The molecule has 22 heavy (non-hydrogen) atoms. The van der Waals surface area contributed by atoms with Crippen LogP contribution < -0.4 is 10.1 Å². The van der Waals surface area contributed by atoms with Gasteiger partial charge in [-0.25, -0.2) is 0 Å². The van der Waals surface area contributed by atoms with Gasteiger partial charge in [-0.05, 0) is 60.7 Å². The molecule has 1 amide bonds. The van der Waals surface area contributed by atoms with Crippen molar-refractivity contribution in [3.05, 3.63) is 53.1 Å². The van der Waals surface area contributed by atoms with Crippen molar-refractivity contribution in [1.82, 2.24) is 0 Å². The molecule has 0 saturated heterocycles. The highest BCUT2D eigenvalue weighted by molar-refractivity contribution is 7.98. The Kier molecular flexibility index (Phi) is 4.60. The summed E-state index contributed by atoms with van der Waals surface area (Å²) in [5, 5.41) is 3.61. The number of nitrogens with one attached hydrogen (secondary N) is 1. The third-order valence-electron chi connectivity index (χ3n) is 3.66. The van der Waals surface area contributed by atoms with Gasteiger partial charge < -0.3 is 10.1 Å². The number of carbonyl (C=O) groups excluding carboxylic acids is 1. The van der Waals surface area contributed by atoms with E-state index < -0.39 is 0 Å². The van der Waals surface area contributed by atoms with Gasteiger partial charge in [-0.15, -0.1) is 11.8 Å². The van der Waals surface area contributed by atoms with Crippen LogP contribution in [0.15, 0.2) is 47.4 Å². The van der Waals surface area contributed by atoms with Crippen LogP contribution in [0.3, 0.4) is 0 Å². The lowest BCUT2D eigenvalue weighted by Gasteiger charge is -2.24. The van der Waals surface area contributed by atoms with E-state index >= 15 is 0 Å². The Morgan fingerprint density at radius 1 is 1.27 bits per heavy atom. The largest absolute Gasteiger partial charge is 0.492 e. The van der Waals surface area contributed by atoms with Gasteiger partial charge in [-0.2, -0.15) is 0 Å². The molecule has 1 N–H and O–H groups in total. The Morgan fingerprint density at radius 2 is 2.05 bits per heavy atom. The smallest absolute Gasteiger partial charge is 0.231 e. The average molecular weight is 334 g/mol. The van der Waals surface area contributed by atoms with Crippen LogP contribution in [-0.2, 0) is 11.2 Å². The molecule has 0 aliphatic carbocycles. The van der Waals surface area contributed by atoms with E-state index in [1.54, 1.807) is 17.8 Å². The SMILES string of the molecule is CSc1ccc(NC(=O)[C@@H]2COc3ccc(Cl)cc3C2)cc1. The zero-order valence-corrected chi connectivity index (χ0v) is 13.7. The molecule has 0 saturated carbocycles. The molecule has 0 unspecified atom stereocenters. The quantitative estimate of drug-likeness (QED) is 0.853. The zero-order chi connectivity index (χ0) is 15.5. The van der Waals surface area contributed by atoms with Gasteiger partial charge >= 0.3 is 0 Å². The van der Waals surface area contributed by atoms with Crippen molar-refractivity contribution >= 4 is 35.0 Å². The van der Waals surface area contributed by atoms with Crippen molar-refractivity contribution in [1.29, 1.82) is 0 Å². The number of amides is 1. The molecule has 1 atom stereocenters. The topological polar surface area (TPSA) is 38.3 Å². The van der Waals surface area contributed by atoms with Crippen LogP contribution in [0.2, 0.25) is 5.02 Å². The molecule has 0 spiro atoms. The standard InChI is InChI=1S/C17H16ClNO2S/c1-22-15-5-3-14(4-6-15)19-17(20)12-8-11-9-13(18)2-7-16(11)21-10-12/h2-7,9,12H,8,10H2,1H3,(H,19,20)/t12-/m0/s1. The first kappa shape index (κ1) is 15.3. The Balaban J connectivity index is 1.68. The third kappa shape index (κ3) is 3.39. The zero-order valence-electron chi connectivity index (χ0n) is 12.1. The van der Waals surface area contributed by atoms with Crippen molar-refractivity contribution in [2.75, 3.05) is 18.2 Å². The first-order chi connectivity index (χ1) is 10.7. The number of benzene rings is 2. The minimum absolute atomic E-state index is 0.0254. The molecule has 1 heterocycles. The maximum Gasteiger partial charge on any atom is 0.231 e. The van der Waals surface area contributed by atoms with Crippen molar-refractivity contribution in [3.8, 4) is 5.75 Å². The first-order valence-electron chi connectivity index (χ1n) is 7.02. The molecule has 2 aromatic rings. The summed E-state index contributed by atoms with van der Waals surface area (Å²) >= 11 is 7.68. The molecule has 0 fully saturated rings. The molecule has 1 aliphatic rings. The van der Waals surface area contributed by atoms with Crippen LogP contribution in [0.25, 0.3) is 0 Å². The molecule has 0 bridgehead atoms. The van der Waals surface area contributed by atoms with Crippen LogP contribution in [0.1, 0.15) is 5.56 Å². The summed E-state index contributed by atoms with van der Waals surface area (Å²) < 4.78 is 5.66. The lowest BCUT2D eigenvalue weighted by Crippen LogP contribution is -2.32. The van der Waals surface area contributed by atoms with Gasteiger partial charge in [0.15, 0.2) is 0 Å². The van der Waals surface area contributed by atoms with Gasteiger partial charge in [0, 0.05) is 15.6 Å². The second-order valence-electron chi connectivity index (χ2n) is 5.18. The number of hydrogen-bond donors (Lipinski definition) is 1.